The molecule has 26 heavy (non-hydrogen) atoms. The first-order valence-electron chi connectivity index (χ1n) is 9.83. The molecule has 142 valence electrons. The summed E-state index contributed by atoms with van der Waals surface area (Å²) in [4.78, 5) is 24.6. The predicted octanol–water partition coefficient (Wildman–Crippen LogP) is 3.36. The van der Waals surface area contributed by atoms with E-state index in [9.17, 15) is 4.79 Å². The molecule has 1 saturated heterocycles. The van der Waals surface area contributed by atoms with Crippen molar-refractivity contribution in [2.75, 3.05) is 13.1 Å². The van der Waals surface area contributed by atoms with Gasteiger partial charge in [0.15, 0.2) is 0 Å². The van der Waals surface area contributed by atoms with Gasteiger partial charge in [-0.2, -0.15) is 0 Å². The number of hydrogen-bond donors (Lipinski definition) is 0. The van der Waals surface area contributed by atoms with Gasteiger partial charge in [0.1, 0.15) is 11.3 Å². The van der Waals surface area contributed by atoms with Gasteiger partial charge in [0.05, 0.1) is 12.0 Å². The second-order valence-electron chi connectivity index (χ2n) is 9.36. The Morgan fingerprint density at radius 3 is 2.58 bits per heavy atom. The number of carbonyl (C=O) groups is 1. The first-order valence-corrected chi connectivity index (χ1v) is 9.83. The highest BCUT2D eigenvalue weighted by molar-refractivity contribution is 5.94. The van der Waals surface area contributed by atoms with Crippen molar-refractivity contribution in [1.82, 2.24) is 14.5 Å². The molecule has 0 N–H and O–H groups in total. The zero-order valence-corrected chi connectivity index (χ0v) is 16.5. The minimum Gasteiger partial charge on any atom is -0.389 e. The van der Waals surface area contributed by atoms with Gasteiger partial charge in [0, 0.05) is 37.7 Å². The van der Waals surface area contributed by atoms with Gasteiger partial charge in [0.25, 0.3) is 5.91 Å². The second-order valence-corrected chi connectivity index (χ2v) is 9.36. The van der Waals surface area contributed by atoms with Crippen LogP contribution in [0.25, 0.3) is 0 Å². The lowest BCUT2D eigenvalue weighted by molar-refractivity contribution is 0.0123. The average molecular weight is 358 g/mol. The van der Waals surface area contributed by atoms with E-state index in [1.807, 2.05) is 11.1 Å². The van der Waals surface area contributed by atoms with E-state index in [1.54, 1.807) is 6.33 Å². The Bertz CT molecular complexity index is 724. The van der Waals surface area contributed by atoms with Crippen LogP contribution in [-0.4, -0.2) is 44.8 Å². The third-order valence-corrected chi connectivity index (χ3v) is 6.02. The Hall–Kier alpha value is -1.85. The smallest absolute Gasteiger partial charge is 0.274 e. The molecule has 4 rings (SSSR count). The fourth-order valence-electron chi connectivity index (χ4n) is 4.70. The van der Waals surface area contributed by atoms with Crippen molar-refractivity contribution in [3.8, 4) is 0 Å². The van der Waals surface area contributed by atoms with Gasteiger partial charge in [-0.1, -0.05) is 19.0 Å². The highest BCUT2D eigenvalue weighted by atomic mass is 16.7. The van der Waals surface area contributed by atoms with Crippen LogP contribution in [0.4, 0.5) is 0 Å². The third-order valence-electron chi connectivity index (χ3n) is 6.02. The highest BCUT2D eigenvalue weighted by Crippen LogP contribution is 2.54. The number of aromatic nitrogens is 2. The number of piperidine rings is 1. The largest absolute Gasteiger partial charge is 0.389 e. The van der Waals surface area contributed by atoms with Gasteiger partial charge in [0.2, 0.25) is 0 Å². The molecular weight excluding hydrogens is 328 g/mol. The summed E-state index contributed by atoms with van der Waals surface area (Å²) in [5, 5.41) is 4.30. The molecule has 1 saturated carbocycles. The van der Waals surface area contributed by atoms with Gasteiger partial charge in [-0.15, -0.1) is 0 Å². The van der Waals surface area contributed by atoms with E-state index >= 15 is 0 Å². The van der Waals surface area contributed by atoms with Gasteiger partial charge < -0.3 is 14.3 Å². The Kier molecular flexibility index (Phi) is 4.12. The SMILES string of the molecule is CC(C)C[C@H](C)n1cnc(C(=O)N2C[C@@H]3C(C4=NOC(C)(C)C4)[C@@H]3C2)c1. The van der Waals surface area contributed by atoms with Crippen LogP contribution < -0.4 is 0 Å². The third kappa shape index (κ3) is 3.14. The van der Waals surface area contributed by atoms with Crippen molar-refractivity contribution < 1.29 is 9.63 Å². The van der Waals surface area contributed by atoms with Crippen LogP contribution in [0.3, 0.4) is 0 Å². The normalized spacial score (nSPS) is 30.2. The molecule has 1 aromatic heterocycles. The molecule has 0 aromatic carbocycles. The summed E-state index contributed by atoms with van der Waals surface area (Å²) >= 11 is 0. The van der Waals surface area contributed by atoms with E-state index in [0.29, 0.717) is 35.4 Å². The van der Waals surface area contributed by atoms with Gasteiger partial charge >= 0.3 is 0 Å². The summed E-state index contributed by atoms with van der Waals surface area (Å²) in [5.41, 5.74) is 1.60. The van der Waals surface area contributed by atoms with E-state index < -0.39 is 0 Å². The Balaban J connectivity index is 1.34. The number of nitrogens with zero attached hydrogens (tertiary/aromatic N) is 4. The van der Waals surface area contributed by atoms with Crippen molar-refractivity contribution in [3.05, 3.63) is 18.2 Å². The minimum absolute atomic E-state index is 0.0661. The fourth-order valence-corrected chi connectivity index (χ4v) is 4.70. The standard InChI is InChI=1S/C20H30N4O2/c1-12(2)6-13(3)24-10-17(21-11-24)19(25)23-8-14-15(9-23)18(14)16-7-20(4,5)26-22-16/h10-15,18H,6-9H2,1-5H3/t13-,14-,15+,18?/m0/s1. The Labute approximate surface area is 155 Å². The number of carbonyl (C=O) groups excluding carboxylic acids is 1. The van der Waals surface area contributed by atoms with Crippen molar-refractivity contribution >= 4 is 11.6 Å². The molecule has 0 radical (unpaired) electrons. The maximum absolute atomic E-state index is 12.8. The molecule has 1 unspecified atom stereocenters. The first-order chi connectivity index (χ1) is 12.2. The van der Waals surface area contributed by atoms with Crippen LogP contribution in [0.15, 0.2) is 17.7 Å². The predicted molar refractivity (Wildman–Crippen MR) is 100.0 cm³/mol. The number of fused-ring (bicyclic) bond motifs is 1. The summed E-state index contributed by atoms with van der Waals surface area (Å²) in [6.45, 7) is 12.4. The molecule has 4 atom stereocenters. The van der Waals surface area contributed by atoms with Crippen molar-refractivity contribution in [1.29, 1.82) is 0 Å². The van der Waals surface area contributed by atoms with Crippen LogP contribution in [0.2, 0.25) is 0 Å². The Morgan fingerprint density at radius 1 is 1.31 bits per heavy atom. The van der Waals surface area contributed by atoms with Crippen LogP contribution in [0.5, 0.6) is 0 Å². The molecule has 3 heterocycles. The molecular formula is C20H30N4O2. The molecule has 2 aliphatic heterocycles. The summed E-state index contributed by atoms with van der Waals surface area (Å²) in [6.07, 6.45) is 5.71. The number of rotatable bonds is 5. The average Bonchev–Trinajstić information content (AvgIpc) is 3.01. The lowest BCUT2D eigenvalue weighted by Gasteiger charge is -2.19. The van der Waals surface area contributed by atoms with Gasteiger partial charge in [-0.3, -0.25) is 4.79 Å². The van der Waals surface area contributed by atoms with Crippen LogP contribution in [-0.2, 0) is 4.84 Å². The highest BCUT2D eigenvalue weighted by Gasteiger charge is 2.60. The molecule has 0 bridgehead atoms. The maximum Gasteiger partial charge on any atom is 0.274 e. The van der Waals surface area contributed by atoms with Crippen molar-refractivity contribution in [2.24, 2.45) is 28.8 Å². The van der Waals surface area contributed by atoms with Crippen LogP contribution in [0.1, 0.15) is 64.0 Å². The van der Waals surface area contributed by atoms with Crippen LogP contribution in [0, 0.1) is 23.7 Å². The molecule has 6 heteroatoms. The molecule has 1 aliphatic carbocycles. The number of hydrogen-bond acceptors (Lipinski definition) is 4. The molecule has 1 aromatic rings. The summed E-state index contributed by atoms with van der Waals surface area (Å²) < 4.78 is 2.07. The van der Waals surface area contributed by atoms with Crippen molar-refractivity contribution in [2.45, 2.75) is 59.1 Å². The van der Waals surface area contributed by atoms with E-state index in [4.69, 9.17) is 4.84 Å². The van der Waals surface area contributed by atoms with Gasteiger partial charge in [-0.05, 0) is 44.9 Å². The summed E-state index contributed by atoms with van der Waals surface area (Å²) in [7, 11) is 0. The van der Waals surface area contributed by atoms with E-state index in [1.165, 1.54) is 5.71 Å². The number of imidazole rings is 1. The molecule has 6 nitrogen and oxygen atoms in total. The zero-order chi connectivity index (χ0) is 18.6. The topological polar surface area (TPSA) is 59.7 Å². The molecule has 2 fully saturated rings. The van der Waals surface area contributed by atoms with E-state index in [2.05, 4.69) is 49.3 Å². The second kappa shape index (κ2) is 6.10. The molecule has 0 spiro atoms. The van der Waals surface area contributed by atoms with Crippen molar-refractivity contribution in [3.63, 3.8) is 0 Å². The first kappa shape index (κ1) is 17.6. The lowest BCUT2D eigenvalue weighted by Crippen LogP contribution is -2.33. The number of likely N-dealkylation sites (tertiary alicyclic amines) is 1. The fraction of sp³-hybridized carbons (Fsp3) is 0.750. The lowest BCUT2D eigenvalue weighted by atomic mass is 9.98. The molecule has 3 aliphatic rings. The maximum atomic E-state index is 12.8. The molecule has 1 amide bonds. The quantitative estimate of drug-likeness (QED) is 0.811. The van der Waals surface area contributed by atoms with Crippen LogP contribution >= 0.6 is 0 Å². The minimum atomic E-state index is -0.165. The Morgan fingerprint density at radius 2 is 2.00 bits per heavy atom. The van der Waals surface area contributed by atoms with Gasteiger partial charge in [-0.25, -0.2) is 4.98 Å². The summed E-state index contributed by atoms with van der Waals surface area (Å²) in [6, 6.07) is 0.365. The zero-order valence-electron chi connectivity index (χ0n) is 16.5. The van der Waals surface area contributed by atoms with E-state index in [-0.39, 0.29) is 11.5 Å². The van der Waals surface area contributed by atoms with E-state index in [0.717, 1.165) is 25.9 Å². The monoisotopic (exact) mass is 358 g/mol. The summed E-state index contributed by atoms with van der Waals surface area (Å²) in [5.74, 6) is 2.32. The number of amides is 1. The number of oxime groups is 1.